The zero-order valence-corrected chi connectivity index (χ0v) is 80.6. The number of Topliss-reactive ketones (excluding diaryl/α,β-unsaturated/α-hetero) is 1. The van der Waals surface area contributed by atoms with Crippen LogP contribution in [0.2, 0.25) is 46.2 Å². The van der Waals surface area contributed by atoms with E-state index in [9.17, 15) is 33.9 Å². The number of rotatable bonds is 11. The molecule has 0 fully saturated rings. The Labute approximate surface area is 845 Å². The van der Waals surface area contributed by atoms with Crippen LogP contribution in [0.5, 0.6) is 0 Å². The standard InChI is InChI=1S/C10H8BrClN2O.C10H9ClN2O.C8H9ClN2O2.C8H11ClN2O.C8H9ClN2O.C7H5Cl2NO2.C7H9ClN2O.C7H7ClN2O.CH5N.4CH4.CH3.8B.BrH.K.Mg.H3N.H2O.H/c1-5-6-4-13-8(12)3-7(6)14(2)10(15)9(5)11;1-6-3-10(14)13(2)8-4-9(11)12-5-7(6)8;1-10-6-3-7(9)11-4-5(6)8(12)13-2;2*1-5(12)6-4-11-8(9)3-7(6)10-2;1-12-7(11)4-3-10-6(9)2-5(4)8;2*1-9-6-2-7(8)10-3-5(6)4-11;1-2;;;;;;;;;;;;;;;;;;;/h3-4H,1-2H3;3-5H,1-2H3;3-4H,1-2H3,(H,10,11);3-5,12H,1-2H3,(H,10,11);3-4H,1-2H3,(H,10,11);2-3H,1H3;2-3,11H,4H2,1H3,(H,9,10);2-4H,1H3,(H,9,10);2H2,1H3;4*1H4;1H3;;;;;;;;;1H;;;1H3;1H2;/q;;;;;;;;;;;;;-1;;;;;;;;;;+1;+2;;;-1/p-1. The predicted octanol–water partition coefficient (Wildman–Crippen LogP) is 7.56. The molecule has 0 amide bonds. The second-order valence-electron chi connectivity index (χ2n) is 19.8. The van der Waals surface area contributed by atoms with Crippen LogP contribution in [0.4, 0.5) is 28.4 Å². The Morgan fingerprint density at radius 1 is 0.533 bits per heavy atom. The van der Waals surface area contributed by atoms with Crippen molar-refractivity contribution in [3.63, 3.8) is 0 Å². The van der Waals surface area contributed by atoms with Crippen LogP contribution < -0.4 is 118 Å². The molecule has 10 heterocycles. The van der Waals surface area contributed by atoms with E-state index in [4.69, 9.17) is 110 Å². The van der Waals surface area contributed by atoms with Gasteiger partial charge in [0.1, 0.15) is 46.8 Å². The molecule has 10 aromatic rings. The number of hydrogen-bond acceptors (Lipinski definition) is 25. The first kappa shape index (κ1) is 156. The summed E-state index contributed by atoms with van der Waals surface area (Å²) in [5.74, 6) is -0.985. The van der Waals surface area contributed by atoms with Gasteiger partial charge in [0.25, 0.3) is 11.1 Å². The molecule has 0 saturated heterocycles. The normalized spacial score (nSPS) is 8.62. The smallest absolute Gasteiger partial charge is 1.00 e. The molecule has 10 aromatic heterocycles. The molecular weight excluding hydrogens is 1900 g/mol. The fraction of sp³-hybridized carbons (Fsp3) is 0.282. The van der Waals surface area contributed by atoms with E-state index < -0.39 is 18.0 Å². The molecule has 1 atom stereocenters. The topological polar surface area (TPSA) is 427 Å². The number of pyridine rings is 10. The Bertz CT molecular complexity index is 4700. The minimum absolute atomic E-state index is 0. The van der Waals surface area contributed by atoms with Crippen LogP contribution in [0.25, 0.3) is 21.8 Å². The number of methoxy groups -OCH3 is 2. The van der Waals surface area contributed by atoms with Crippen molar-refractivity contribution in [2.45, 2.75) is 70.1 Å². The Hall–Kier alpha value is -4.81. The maximum atomic E-state index is 11.8. The van der Waals surface area contributed by atoms with E-state index >= 15 is 0 Å². The number of carbonyl (C=O) groups is 4. The van der Waals surface area contributed by atoms with E-state index in [2.05, 4.69) is 97.6 Å². The molecule has 0 aliphatic rings. The number of fused-ring (bicyclic) bond motifs is 2. The summed E-state index contributed by atoms with van der Waals surface area (Å²) in [4.78, 5) is 97.5. The fourth-order valence-corrected chi connectivity index (χ4v) is 10.1. The third kappa shape index (κ3) is 49.8. The number of aliphatic hydroxyl groups excluding tert-OH is 2. The second-order valence-corrected chi connectivity index (χ2v) is 24.1. The summed E-state index contributed by atoms with van der Waals surface area (Å²) in [6.07, 6.45) is 12.2. The minimum Gasteiger partial charge on any atom is -1.00 e. The third-order valence-electron chi connectivity index (χ3n) is 13.3. The number of halogens is 11. The van der Waals surface area contributed by atoms with Crippen LogP contribution in [-0.4, -0.2) is 236 Å². The van der Waals surface area contributed by atoms with Gasteiger partial charge in [0.15, 0.2) is 12.1 Å². The van der Waals surface area contributed by atoms with Crippen LogP contribution >= 0.6 is 120 Å². The Balaban J connectivity index is -0.0000000612. The van der Waals surface area contributed by atoms with Gasteiger partial charge in [-0.3, -0.25) is 19.2 Å². The molecule has 636 valence electrons. The van der Waals surface area contributed by atoms with Crippen molar-refractivity contribution in [3.05, 3.63) is 228 Å². The summed E-state index contributed by atoms with van der Waals surface area (Å²) < 4.78 is 12.7. The van der Waals surface area contributed by atoms with Gasteiger partial charge >= 0.3 is 86.4 Å². The first-order chi connectivity index (χ1) is 48.3. The van der Waals surface area contributed by atoms with Crippen molar-refractivity contribution >= 4 is 285 Å². The number of nitrogens with two attached hydrogens (primary N) is 1. The zero-order chi connectivity index (χ0) is 77.2. The van der Waals surface area contributed by atoms with Gasteiger partial charge in [0.2, 0.25) is 0 Å². The van der Waals surface area contributed by atoms with Crippen molar-refractivity contribution in [2.24, 2.45) is 19.8 Å². The minimum atomic E-state index is -0.530. The quantitative estimate of drug-likeness (QED) is 0.0150. The number of carbonyl (C=O) groups excluding carboxylic acids is 4. The molecule has 0 saturated carbocycles. The summed E-state index contributed by atoms with van der Waals surface area (Å²) in [7, 11) is 16.2. The molecule has 0 aromatic carbocycles. The number of ketones is 1. The largest absolute Gasteiger partial charge is 2.00 e. The van der Waals surface area contributed by atoms with Gasteiger partial charge < -0.3 is 98.6 Å². The molecule has 49 heteroatoms. The number of ether oxygens (including phenoxy) is 2. The molecule has 10 rings (SSSR count). The van der Waals surface area contributed by atoms with Gasteiger partial charge in [-0.15, -0.1) is 0 Å². The number of nitrogens with zero attached hydrogens (tertiary/aromatic N) is 10. The van der Waals surface area contributed by atoms with E-state index in [0.717, 1.165) is 61.7 Å². The average molecular weight is 1990 g/mol. The van der Waals surface area contributed by atoms with Crippen LogP contribution in [0, 0.1) is 21.3 Å². The fourth-order valence-electron chi connectivity index (χ4n) is 8.05. The maximum Gasteiger partial charge on any atom is 2.00 e. The van der Waals surface area contributed by atoms with Gasteiger partial charge in [-0.25, -0.2) is 49.5 Å². The second kappa shape index (κ2) is 81.2. The van der Waals surface area contributed by atoms with Crippen molar-refractivity contribution in [3.8, 4) is 0 Å². The molecular formula is C71H97B8Br2Cl9KMgN17O11. The number of hydrogen-bond donors (Lipinski definition) is 9. The van der Waals surface area contributed by atoms with Crippen LogP contribution in [0.3, 0.4) is 0 Å². The average Bonchev–Trinajstić information content (AvgIpc) is 0.777. The number of aromatic nitrogens is 10. The molecule has 0 spiro atoms. The monoisotopic (exact) mass is 1990 g/mol. The molecule has 0 aliphatic carbocycles. The number of aldehydes is 1. The molecule has 24 radical (unpaired) electrons. The summed E-state index contributed by atoms with van der Waals surface area (Å²) >= 11 is 54.2. The van der Waals surface area contributed by atoms with E-state index in [1.165, 1.54) is 59.0 Å². The van der Waals surface area contributed by atoms with Gasteiger partial charge in [-0.05, 0) is 110 Å². The Morgan fingerprint density at radius 2 is 0.858 bits per heavy atom. The van der Waals surface area contributed by atoms with Gasteiger partial charge in [0, 0.05) is 217 Å². The van der Waals surface area contributed by atoms with Crippen LogP contribution in [0.1, 0.15) is 115 Å². The van der Waals surface area contributed by atoms with Crippen molar-refractivity contribution in [1.82, 2.24) is 55.2 Å². The van der Waals surface area contributed by atoms with E-state index in [0.29, 0.717) is 74.3 Å². The number of esters is 2. The number of aliphatic hydroxyl groups is 2. The number of aryl methyl sites for hydroxylation is 4. The van der Waals surface area contributed by atoms with Crippen molar-refractivity contribution in [2.75, 3.05) is 83.1 Å². The van der Waals surface area contributed by atoms with Crippen molar-refractivity contribution < 1.29 is 114 Å². The Kier molecular flexibility index (Phi) is 105. The predicted molar refractivity (Wildman–Crippen MR) is 509 cm³/mol. The molecule has 0 aliphatic heterocycles. The molecule has 0 bridgehead atoms. The van der Waals surface area contributed by atoms with Crippen molar-refractivity contribution in [1.29, 1.82) is 0 Å². The van der Waals surface area contributed by atoms with Gasteiger partial charge in [0.05, 0.1) is 69.8 Å². The first-order valence-electron chi connectivity index (χ1n) is 29.2. The number of anilines is 5. The zero-order valence-electron chi connectivity index (χ0n) is 67.1. The maximum absolute atomic E-state index is 11.8. The number of nitrogens with one attached hydrogen (secondary N) is 5. The van der Waals surface area contributed by atoms with Gasteiger partial charge in [-0.1, -0.05) is 134 Å². The Morgan fingerprint density at radius 3 is 1.25 bits per heavy atom. The molecule has 28 nitrogen and oxygen atoms in total. The van der Waals surface area contributed by atoms with Crippen LogP contribution in [0.15, 0.2) is 118 Å². The van der Waals surface area contributed by atoms with E-state index in [1.54, 1.807) is 139 Å². The first-order valence-corrected chi connectivity index (χ1v) is 33.4. The van der Waals surface area contributed by atoms with E-state index in [-0.39, 0.29) is 248 Å². The summed E-state index contributed by atoms with van der Waals surface area (Å²) in [6.45, 7) is 6.92. The molecule has 14 N–H and O–H groups in total. The van der Waals surface area contributed by atoms with E-state index in [1.807, 2.05) is 13.8 Å². The molecule has 120 heavy (non-hydrogen) atoms. The van der Waals surface area contributed by atoms with Gasteiger partial charge in [-0.2, -0.15) is 0 Å². The molecule has 1 unspecified atom stereocenters. The third-order valence-corrected chi connectivity index (χ3v) is 16.2. The SMILES string of the molecule is C.C.C.C.CN.CNc1cc(Cl)ncc1C(=O)OC.CNc1cc(Cl)ncc1C(C)=O.CNc1cc(Cl)ncc1C(C)O.CNc1cc(Cl)ncc1C=O.CNc1cc(Cl)ncc1CO.COC(=O)c1cnc(Cl)cc1Cl.Cc1c(Br)c(=O)n(C)c2cc(Cl)ncc12.Cc1cc(=O)n(C)c2cc(Cl)ncc12.N.O.[B].[B].[B].[B].[B].[B].[B].[B].[Br-].[CH3-].[H-].[K+].[Mg+2]. The summed E-state index contributed by atoms with van der Waals surface area (Å²) in [5.41, 5.74) is 14.6. The summed E-state index contributed by atoms with van der Waals surface area (Å²) in [5, 5.41) is 37.6. The van der Waals surface area contributed by atoms with Crippen LogP contribution in [-0.2, 0) is 30.2 Å². The summed E-state index contributed by atoms with van der Waals surface area (Å²) in [6, 6.07) is 14.5.